The van der Waals surface area contributed by atoms with E-state index in [4.69, 9.17) is 18.9 Å². The maximum absolute atomic E-state index is 13.6. The zero-order valence-corrected chi connectivity index (χ0v) is 23.3. The molecular formula is C30H28N2O7S. The van der Waals surface area contributed by atoms with Crippen molar-refractivity contribution in [1.82, 2.24) is 4.98 Å². The number of aliphatic hydroxyl groups excluding tert-OH is 1. The van der Waals surface area contributed by atoms with Crippen molar-refractivity contribution in [1.29, 1.82) is 0 Å². The van der Waals surface area contributed by atoms with Crippen molar-refractivity contribution in [3.05, 3.63) is 77.4 Å². The second kappa shape index (κ2) is 11.3. The monoisotopic (exact) mass is 560 g/mol. The summed E-state index contributed by atoms with van der Waals surface area (Å²) >= 11 is 1.26. The van der Waals surface area contributed by atoms with Crippen LogP contribution in [0.5, 0.6) is 23.0 Å². The molecule has 0 radical (unpaired) electrons. The minimum absolute atomic E-state index is 0.0693. The summed E-state index contributed by atoms with van der Waals surface area (Å²) in [4.78, 5) is 33.2. The number of hydrogen-bond donors (Lipinski definition) is 1. The smallest absolute Gasteiger partial charge is 0.301 e. The number of rotatable bonds is 9. The normalized spacial score (nSPS) is 16.4. The van der Waals surface area contributed by atoms with Crippen LogP contribution in [0.3, 0.4) is 0 Å². The van der Waals surface area contributed by atoms with Gasteiger partial charge in [0.05, 0.1) is 49.3 Å². The Kier molecular flexibility index (Phi) is 7.61. The Bertz CT molecular complexity index is 1630. The van der Waals surface area contributed by atoms with Gasteiger partial charge in [-0.05, 0) is 61.9 Å². The molecule has 5 rings (SSSR count). The van der Waals surface area contributed by atoms with Gasteiger partial charge in [-0.1, -0.05) is 29.5 Å². The minimum Gasteiger partial charge on any atom is -0.507 e. The zero-order chi connectivity index (χ0) is 28.4. The van der Waals surface area contributed by atoms with E-state index in [0.717, 1.165) is 4.70 Å². The third-order valence-corrected chi connectivity index (χ3v) is 7.47. The second-order valence-corrected chi connectivity index (χ2v) is 9.81. The number of carbonyl (C=O) groups excluding carboxylic acids is 2. The molecule has 9 nitrogen and oxygen atoms in total. The highest BCUT2D eigenvalue weighted by atomic mass is 32.1. The Hall–Kier alpha value is -4.57. The van der Waals surface area contributed by atoms with Crippen molar-refractivity contribution in [2.45, 2.75) is 19.9 Å². The van der Waals surface area contributed by atoms with E-state index in [2.05, 4.69) is 4.98 Å². The van der Waals surface area contributed by atoms with Gasteiger partial charge in [-0.15, -0.1) is 0 Å². The van der Waals surface area contributed by atoms with Crippen LogP contribution >= 0.6 is 11.3 Å². The molecule has 1 saturated heterocycles. The van der Waals surface area contributed by atoms with Crippen LogP contribution < -0.4 is 23.8 Å². The quantitative estimate of drug-likeness (QED) is 0.157. The molecule has 1 aliphatic rings. The molecule has 40 heavy (non-hydrogen) atoms. The van der Waals surface area contributed by atoms with Gasteiger partial charge >= 0.3 is 5.91 Å². The number of hydrogen-bond acceptors (Lipinski definition) is 9. The number of Topliss-reactive ketones (excluding diaryl/α,β-unsaturated/α-hetero) is 1. The summed E-state index contributed by atoms with van der Waals surface area (Å²) in [5, 5.41) is 11.8. The summed E-state index contributed by atoms with van der Waals surface area (Å²) in [6.07, 6.45) is 0. The first-order chi connectivity index (χ1) is 19.4. The Balaban J connectivity index is 1.71. The lowest BCUT2D eigenvalue weighted by molar-refractivity contribution is -0.132. The standard InChI is InChI=1S/C30H28N2O7S/c1-5-38-19-9-7-8-18(14-19)27(33)25-26(17-10-13-22(36-3)23(15-17)37-4)32(29(35)28(25)34)30-31-21-12-11-20(39-6-2)16-24(21)40-30/h7-16,26,33H,5-6H2,1-4H3. The van der Waals surface area contributed by atoms with E-state index in [0.29, 0.717) is 58.0 Å². The highest BCUT2D eigenvalue weighted by molar-refractivity contribution is 7.22. The predicted octanol–water partition coefficient (Wildman–Crippen LogP) is 5.74. The van der Waals surface area contributed by atoms with Gasteiger partial charge in [-0.25, -0.2) is 4.98 Å². The van der Waals surface area contributed by atoms with E-state index >= 15 is 0 Å². The van der Waals surface area contributed by atoms with Crippen LogP contribution in [0.25, 0.3) is 16.0 Å². The molecular weight excluding hydrogens is 532 g/mol. The summed E-state index contributed by atoms with van der Waals surface area (Å²) in [5.74, 6) is 0.157. The van der Waals surface area contributed by atoms with Gasteiger partial charge in [-0.3, -0.25) is 14.5 Å². The number of anilines is 1. The summed E-state index contributed by atoms with van der Waals surface area (Å²) < 4.78 is 22.9. The number of fused-ring (bicyclic) bond motifs is 1. The first kappa shape index (κ1) is 27.0. The first-order valence-corrected chi connectivity index (χ1v) is 13.5. The molecule has 1 aliphatic heterocycles. The van der Waals surface area contributed by atoms with Crippen molar-refractivity contribution in [2.24, 2.45) is 0 Å². The molecule has 1 aromatic heterocycles. The molecule has 4 aromatic rings. The first-order valence-electron chi connectivity index (χ1n) is 12.7. The highest BCUT2D eigenvalue weighted by Crippen LogP contribution is 2.46. The topological polar surface area (TPSA) is 107 Å². The molecule has 3 aromatic carbocycles. The second-order valence-electron chi connectivity index (χ2n) is 8.80. The molecule has 206 valence electrons. The predicted molar refractivity (Wildman–Crippen MR) is 153 cm³/mol. The molecule has 1 fully saturated rings. The number of ketones is 1. The van der Waals surface area contributed by atoms with Gasteiger partial charge in [0.25, 0.3) is 5.78 Å². The highest BCUT2D eigenvalue weighted by Gasteiger charge is 2.48. The van der Waals surface area contributed by atoms with E-state index in [9.17, 15) is 14.7 Å². The van der Waals surface area contributed by atoms with Gasteiger partial charge in [0.2, 0.25) is 0 Å². The van der Waals surface area contributed by atoms with Crippen molar-refractivity contribution in [3.63, 3.8) is 0 Å². The summed E-state index contributed by atoms with van der Waals surface area (Å²) in [5.41, 5.74) is 1.47. The third kappa shape index (κ3) is 4.82. The van der Waals surface area contributed by atoms with E-state index in [1.54, 1.807) is 48.5 Å². The molecule has 0 saturated carbocycles. The van der Waals surface area contributed by atoms with Crippen LogP contribution in [-0.2, 0) is 9.59 Å². The average Bonchev–Trinajstić information content (AvgIpc) is 3.50. The molecule has 2 heterocycles. The van der Waals surface area contributed by atoms with Gasteiger partial charge < -0.3 is 24.1 Å². The largest absolute Gasteiger partial charge is 0.507 e. The van der Waals surface area contributed by atoms with Crippen molar-refractivity contribution >= 4 is 44.1 Å². The van der Waals surface area contributed by atoms with Crippen LogP contribution in [-0.4, -0.2) is 49.2 Å². The number of aliphatic hydroxyl groups is 1. The maximum atomic E-state index is 13.6. The van der Waals surface area contributed by atoms with Gasteiger partial charge in [0.15, 0.2) is 16.6 Å². The molecule has 0 aliphatic carbocycles. The molecule has 1 atom stereocenters. The minimum atomic E-state index is -0.984. The maximum Gasteiger partial charge on any atom is 0.301 e. The lowest BCUT2D eigenvalue weighted by Gasteiger charge is -2.23. The number of nitrogens with zero attached hydrogens (tertiary/aromatic N) is 2. The number of benzene rings is 3. The van der Waals surface area contributed by atoms with Crippen molar-refractivity contribution < 1.29 is 33.6 Å². The van der Waals surface area contributed by atoms with Crippen LogP contribution in [0.4, 0.5) is 5.13 Å². The summed E-state index contributed by atoms with van der Waals surface area (Å²) in [6, 6.07) is 16.3. The number of methoxy groups -OCH3 is 2. The fourth-order valence-electron chi connectivity index (χ4n) is 4.68. The van der Waals surface area contributed by atoms with Crippen LogP contribution in [0.15, 0.2) is 66.2 Å². The molecule has 10 heteroatoms. The third-order valence-electron chi connectivity index (χ3n) is 6.45. The number of ether oxygens (including phenoxy) is 4. The van der Waals surface area contributed by atoms with Crippen LogP contribution in [0.2, 0.25) is 0 Å². The van der Waals surface area contributed by atoms with E-state index in [1.165, 1.54) is 30.5 Å². The SMILES string of the molecule is CCOc1cccc(C(O)=C2C(=O)C(=O)N(c3nc4ccc(OCC)cc4s3)C2c2ccc(OC)c(OC)c2)c1. The fourth-order valence-corrected chi connectivity index (χ4v) is 5.70. The van der Waals surface area contributed by atoms with Crippen molar-refractivity contribution in [2.75, 3.05) is 32.3 Å². The molecule has 1 N–H and O–H groups in total. The average molecular weight is 561 g/mol. The van der Waals surface area contributed by atoms with Crippen molar-refractivity contribution in [3.8, 4) is 23.0 Å². The van der Waals surface area contributed by atoms with Gasteiger partial charge in [0, 0.05) is 5.56 Å². The number of aromatic nitrogens is 1. The summed E-state index contributed by atoms with van der Waals surface area (Å²) in [7, 11) is 3.02. The molecule has 1 unspecified atom stereocenters. The lowest BCUT2D eigenvalue weighted by Crippen LogP contribution is -2.29. The van der Waals surface area contributed by atoms with Crippen LogP contribution in [0.1, 0.15) is 31.0 Å². The Morgan fingerprint density at radius 2 is 1.65 bits per heavy atom. The molecule has 0 bridgehead atoms. The zero-order valence-electron chi connectivity index (χ0n) is 22.5. The van der Waals surface area contributed by atoms with Gasteiger partial charge in [0.1, 0.15) is 17.3 Å². The Labute approximate surface area is 235 Å². The fraction of sp³-hybridized carbons (Fsp3) is 0.233. The lowest BCUT2D eigenvalue weighted by atomic mass is 9.95. The van der Waals surface area contributed by atoms with E-state index < -0.39 is 17.7 Å². The number of amides is 1. The number of carbonyl (C=O) groups is 2. The van der Waals surface area contributed by atoms with E-state index in [-0.39, 0.29) is 11.3 Å². The van der Waals surface area contributed by atoms with Gasteiger partial charge in [-0.2, -0.15) is 0 Å². The number of thiazole rings is 1. The van der Waals surface area contributed by atoms with Crippen LogP contribution in [0, 0.1) is 0 Å². The van der Waals surface area contributed by atoms with E-state index in [1.807, 2.05) is 26.0 Å². The molecule has 1 amide bonds. The Morgan fingerprint density at radius 3 is 2.35 bits per heavy atom. The Morgan fingerprint density at radius 1 is 0.925 bits per heavy atom. The summed E-state index contributed by atoms with van der Waals surface area (Å²) in [6.45, 7) is 4.69. The molecule has 0 spiro atoms.